The van der Waals surface area contributed by atoms with Crippen molar-refractivity contribution in [2.24, 2.45) is 5.92 Å². The van der Waals surface area contributed by atoms with E-state index in [1.807, 2.05) is 50.2 Å². The lowest BCUT2D eigenvalue weighted by molar-refractivity contribution is -0.144. The summed E-state index contributed by atoms with van der Waals surface area (Å²) in [5, 5.41) is 14.8. The first-order valence-electron chi connectivity index (χ1n) is 11.5. The maximum atomic E-state index is 12.9. The zero-order chi connectivity index (χ0) is 23.6. The van der Waals surface area contributed by atoms with Crippen LogP contribution in [0.3, 0.4) is 0 Å². The molecule has 2 amide bonds. The fourth-order valence-electron chi connectivity index (χ4n) is 4.76. The molecule has 0 unspecified atom stereocenters. The van der Waals surface area contributed by atoms with Gasteiger partial charge in [-0.1, -0.05) is 62.4 Å². The summed E-state index contributed by atoms with van der Waals surface area (Å²) in [5.41, 5.74) is 3.39. The van der Waals surface area contributed by atoms with Crippen molar-refractivity contribution in [1.29, 1.82) is 0 Å². The van der Waals surface area contributed by atoms with Gasteiger partial charge in [-0.3, -0.25) is 4.79 Å². The van der Waals surface area contributed by atoms with E-state index in [0.29, 0.717) is 19.3 Å². The number of ether oxygens (including phenoxy) is 1. The maximum Gasteiger partial charge on any atom is 0.408 e. The number of hydrogen-bond acceptors (Lipinski definition) is 4. The van der Waals surface area contributed by atoms with E-state index in [2.05, 4.69) is 22.8 Å². The quantitative estimate of drug-likeness (QED) is 0.563. The summed E-state index contributed by atoms with van der Waals surface area (Å²) < 4.78 is 5.59. The van der Waals surface area contributed by atoms with E-state index in [9.17, 15) is 19.5 Å². The minimum Gasteiger partial charge on any atom is -0.480 e. The molecule has 33 heavy (non-hydrogen) atoms. The van der Waals surface area contributed by atoms with Crippen molar-refractivity contribution in [3.8, 4) is 11.1 Å². The highest BCUT2D eigenvalue weighted by Gasteiger charge is 2.47. The molecule has 4 rings (SSSR count). The smallest absolute Gasteiger partial charge is 0.408 e. The summed E-state index contributed by atoms with van der Waals surface area (Å²) >= 11 is 0. The van der Waals surface area contributed by atoms with Gasteiger partial charge in [0, 0.05) is 5.92 Å². The van der Waals surface area contributed by atoms with Crippen molar-refractivity contribution >= 4 is 18.0 Å². The fraction of sp³-hybridized carbons (Fsp3) is 0.423. The number of alkyl carbamates (subject to hydrolysis) is 1. The highest BCUT2D eigenvalue weighted by molar-refractivity contribution is 5.93. The number of hydrogen-bond donors (Lipinski definition) is 3. The van der Waals surface area contributed by atoms with Crippen molar-refractivity contribution in [1.82, 2.24) is 10.6 Å². The van der Waals surface area contributed by atoms with Crippen molar-refractivity contribution in [2.45, 2.75) is 57.0 Å². The van der Waals surface area contributed by atoms with Gasteiger partial charge in [-0.15, -0.1) is 0 Å². The number of amides is 2. The molecule has 0 radical (unpaired) electrons. The van der Waals surface area contributed by atoms with Gasteiger partial charge in [0.25, 0.3) is 0 Å². The van der Waals surface area contributed by atoms with Gasteiger partial charge in [0.15, 0.2) is 0 Å². The lowest BCUT2D eigenvalue weighted by atomic mass is 9.76. The average Bonchev–Trinajstić information content (AvgIpc) is 3.07. The van der Waals surface area contributed by atoms with Crippen molar-refractivity contribution in [2.75, 3.05) is 6.61 Å². The second-order valence-corrected chi connectivity index (χ2v) is 9.38. The molecule has 0 aromatic heterocycles. The highest BCUT2D eigenvalue weighted by Crippen LogP contribution is 2.44. The molecule has 3 N–H and O–H groups in total. The summed E-state index contributed by atoms with van der Waals surface area (Å²) in [7, 11) is 0. The second kappa shape index (κ2) is 9.25. The molecular formula is C26H30N2O5. The molecule has 2 aromatic carbocycles. The molecule has 0 bridgehead atoms. The number of benzene rings is 2. The monoisotopic (exact) mass is 450 g/mol. The first-order valence-corrected chi connectivity index (χ1v) is 11.5. The van der Waals surface area contributed by atoms with Gasteiger partial charge in [0.1, 0.15) is 18.2 Å². The Balaban J connectivity index is 1.41. The fourth-order valence-corrected chi connectivity index (χ4v) is 4.76. The summed E-state index contributed by atoms with van der Waals surface area (Å²) in [4.78, 5) is 37.2. The van der Waals surface area contributed by atoms with Crippen molar-refractivity contribution in [3.05, 3.63) is 59.7 Å². The Morgan fingerprint density at radius 1 is 1.03 bits per heavy atom. The summed E-state index contributed by atoms with van der Waals surface area (Å²) in [6.45, 7) is 3.95. The number of nitrogens with one attached hydrogen (secondary N) is 2. The SMILES string of the molecule is CC(C)C[C@@H](NC(=O)C1(NC(=O)OCC2c3ccccc3-c3ccccc32)CCC1)C(=O)O. The Morgan fingerprint density at radius 2 is 1.61 bits per heavy atom. The number of fused-ring (bicyclic) bond motifs is 3. The van der Waals surface area contributed by atoms with Crippen LogP contribution in [0.15, 0.2) is 48.5 Å². The van der Waals surface area contributed by atoms with Crippen LogP contribution in [0.5, 0.6) is 0 Å². The molecule has 1 atom stereocenters. The standard InChI is InChI=1S/C26H30N2O5/c1-16(2)14-22(23(29)30)27-24(31)26(12-7-13-26)28-25(32)33-15-21-19-10-5-3-8-17(19)18-9-4-6-11-20(18)21/h3-6,8-11,16,21-22H,7,12-15H2,1-2H3,(H,27,31)(H,28,32)(H,29,30)/t22-/m1/s1. The normalized spacial score (nSPS) is 16.8. The van der Waals surface area contributed by atoms with Crippen LogP contribution in [-0.4, -0.2) is 41.3 Å². The number of carboxylic acid groups (broad SMARTS) is 1. The first kappa shape index (κ1) is 22.8. The zero-order valence-corrected chi connectivity index (χ0v) is 19.0. The van der Waals surface area contributed by atoms with Gasteiger partial charge < -0.3 is 20.5 Å². The highest BCUT2D eigenvalue weighted by atomic mass is 16.5. The topological polar surface area (TPSA) is 105 Å². The summed E-state index contributed by atoms with van der Waals surface area (Å²) in [6, 6.07) is 15.2. The van der Waals surface area contributed by atoms with E-state index in [0.717, 1.165) is 28.7 Å². The number of carbonyl (C=O) groups is 3. The number of carbonyl (C=O) groups excluding carboxylic acids is 2. The third kappa shape index (κ3) is 4.58. The van der Waals surface area contributed by atoms with E-state index >= 15 is 0 Å². The molecule has 7 heteroatoms. The molecule has 0 spiro atoms. The van der Waals surface area contributed by atoms with Gasteiger partial charge in [-0.2, -0.15) is 0 Å². The molecular weight excluding hydrogens is 420 g/mol. The Kier molecular flexibility index (Phi) is 6.40. The van der Waals surface area contributed by atoms with Crippen LogP contribution in [0.2, 0.25) is 0 Å². The average molecular weight is 451 g/mol. The predicted molar refractivity (Wildman–Crippen MR) is 124 cm³/mol. The predicted octanol–water partition coefficient (Wildman–Crippen LogP) is 4.06. The lowest BCUT2D eigenvalue weighted by Crippen LogP contribution is -2.64. The van der Waals surface area contributed by atoms with E-state index in [1.54, 1.807) is 0 Å². The lowest BCUT2D eigenvalue weighted by Gasteiger charge is -2.41. The van der Waals surface area contributed by atoms with Crippen molar-refractivity contribution in [3.63, 3.8) is 0 Å². The van der Waals surface area contributed by atoms with Crippen LogP contribution in [0, 0.1) is 5.92 Å². The molecule has 174 valence electrons. The van der Waals surface area contributed by atoms with Crippen LogP contribution in [-0.2, 0) is 14.3 Å². The second-order valence-electron chi connectivity index (χ2n) is 9.38. The van der Waals surface area contributed by atoms with Gasteiger partial charge in [0.05, 0.1) is 0 Å². The summed E-state index contributed by atoms with van der Waals surface area (Å²) in [5.74, 6) is -1.50. The largest absolute Gasteiger partial charge is 0.480 e. The molecule has 0 saturated heterocycles. The molecule has 2 aliphatic carbocycles. The molecule has 1 saturated carbocycles. The first-order chi connectivity index (χ1) is 15.8. The zero-order valence-electron chi connectivity index (χ0n) is 19.0. The minimum absolute atomic E-state index is 0.0725. The van der Waals surface area contributed by atoms with Crippen LogP contribution in [0.1, 0.15) is 56.6 Å². The number of rotatable bonds is 8. The van der Waals surface area contributed by atoms with Gasteiger partial charge >= 0.3 is 12.1 Å². The van der Waals surface area contributed by atoms with Gasteiger partial charge in [0.2, 0.25) is 5.91 Å². The summed E-state index contributed by atoms with van der Waals surface area (Å²) in [6.07, 6.45) is 1.34. The molecule has 2 aliphatic rings. The van der Waals surface area contributed by atoms with Crippen LogP contribution < -0.4 is 10.6 Å². The van der Waals surface area contributed by atoms with Crippen LogP contribution in [0.4, 0.5) is 4.79 Å². The van der Waals surface area contributed by atoms with E-state index < -0.39 is 29.6 Å². The number of aliphatic carboxylic acids is 1. The Hall–Kier alpha value is -3.35. The maximum absolute atomic E-state index is 12.9. The van der Waals surface area contributed by atoms with Gasteiger partial charge in [-0.25, -0.2) is 9.59 Å². The van der Waals surface area contributed by atoms with E-state index in [1.165, 1.54) is 0 Å². The minimum atomic E-state index is -1.12. The van der Waals surface area contributed by atoms with E-state index in [4.69, 9.17) is 4.74 Å². The van der Waals surface area contributed by atoms with Crippen LogP contribution in [0.25, 0.3) is 11.1 Å². The molecule has 1 fully saturated rings. The molecule has 2 aromatic rings. The molecule has 0 heterocycles. The van der Waals surface area contributed by atoms with Gasteiger partial charge in [-0.05, 0) is 53.9 Å². The molecule has 7 nitrogen and oxygen atoms in total. The number of carboxylic acids is 1. The third-order valence-electron chi connectivity index (χ3n) is 6.64. The van der Waals surface area contributed by atoms with E-state index in [-0.39, 0.29) is 18.4 Å². The van der Waals surface area contributed by atoms with Crippen molar-refractivity contribution < 1.29 is 24.2 Å². The molecule has 0 aliphatic heterocycles. The third-order valence-corrected chi connectivity index (χ3v) is 6.64. The Bertz CT molecular complexity index is 1010. The van der Waals surface area contributed by atoms with Crippen LogP contribution >= 0.6 is 0 Å². The Morgan fingerprint density at radius 3 is 2.09 bits per heavy atom. The Labute approximate surface area is 193 Å².